The third kappa shape index (κ3) is 4.03. The summed E-state index contributed by atoms with van der Waals surface area (Å²) in [4.78, 5) is 21.5. The predicted octanol–water partition coefficient (Wildman–Crippen LogP) is 3.76. The van der Waals surface area contributed by atoms with Gasteiger partial charge in [-0.2, -0.15) is 5.10 Å². The van der Waals surface area contributed by atoms with Crippen molar-refractivity contribution in [2.24, 2.45) is 0 Å². The van der Waals surface area contributed by atoms with Gasteiger partial charge in [0, 0.05) is 19.0 Å². The molecule has 30 heavy (non-hydrogen) atoms. The quantitative estimate of drug-likeness (QED) is 0.434. The Labute approximate surface area is 174 Å². The molecule has 4 rings (SSSR count). The van der Waals surface area contributed by atoms with E-state index in [2.05, 4.69) is 29.6 Å². The second kappa shape index (κ2) is 8.77. The van der Waals surface area contributed by atoms with E-state index < -0.39 is 0 Å². The summed E-state index contributed by atoms with van der Waals surface area (Å²) in [7, 11) is 0. The lowest BCUT2D eigenvalue weighted by Gasteiger charge is -2.13. The van der Waals surface area contributed by atoms with Crippen LogP contribution in [0.3, 0.4) is 0 Å². The summed E-state index contributed by atoms with van der Waals surface area (Å²) in [6.45, 7) is 5.16. The van der Waals surface area contributed by atoms with Crippen molar-refractivity contribution in [2.75, 3.05) is 18.4 Å². The number of hydrogen-bond acceptors (Lipinski definition) is 6. The van der Waals surface area contributed by atoms with Crippen LogP contribution in [0.25, 0.3) is 16.7 Å². The Morgan fingerprint density at radius 3 is 2.70 bits per heavy atom. The van der Waals surface area contributed by atoms with Crippen LogP contribution in [0.4, 0.5) is 5.82 Å². The monoisotopic (exact) mass is 404 g/mol. The van der Waals surface area contributed by atoms with E-state index in [-0.39, 0.29) is 11.8 Å². The Morgan fingerprint density at radius 2 is 1.97 bits per heavy atom. The van der Waals surface area contributed by atoms with Crippen molar-refractivity contribution >= 4 is 22.8 Å². The van der Waals surface area contributed by atoms with E-state index in [1.807, 2.05) is 35.0 Å². The zero-order chi connectivity index (χ0) is 20.9. The van der Waals surface area contributed by atoms with Crippen molar-refractivity contribution in [3.8, 4) is 5.69 Å². The molecule has 0 unspecified atom stereocenters. The lowest BCUT2D eigenvalue weighted by Crippen LogP contribution is -2.28. The Balaban J connectivity index is 1.57. The summed E-state index contributed by atoms with van der Waals surface area (Å²) in [5.41, 5.74) is 1.70. The van der Waals surface area contributed by atoms with Gasteiger partial charge in [-0.25, -0.2) is 14.6 Å². The number of benzene rings is 1. The van der Waals surface area contributed by atoms with Gasteiger partial charge < -0.3 is 15.1 Å². The number of fused-ring (bicyclic) bond motifs is 1. The molecule has 0 aliphatic carbocycles. The van der Waals surface area contributed by atoms with Crippen LogP contribution in [0.1, 0.15) is 42.6 Å². The van der Waals surface area contributed by atoms with Gasteiger partial charge in [0.25, 0.3) is 5.91 Å². The van der Waals surface area contributed by atoms with Crippen LogP contribution >= 0.6 is 0 Å². The Kier molecular flexibility index (Phi) is 5.74. The number of carbonyl (C=O) groups is 1. The minimum absolute atomic E-state index is 0.215. The molecule has 1 aromatic carbocycles. The zero-order valence-corrected chi connectivity index (χ0v) is 17.0. The van der Waals surface area contributed by atoms with Gasteiger partial charge in [-0.05, 0) is 30.7 Å². The normalized spacial score (nSPS) is 12.1. The highest BCUT2D eigenvalue weighted by atomic mass is 16.3. The molecule has 8 nitrogen and oxygen atoms in total. The fourth-order valence-electron chi connectivity index (χ4n) is 3.07. The van der Waals surface area contributed by atoms with Crippen molar-refractivity contribution < 1.29 is 9.21 Å². The van der Waals surface area contributed by atoms with Crippen molar-refractivity contribution in [3.05, 3.63) is 66.5 Å². The first-order valence-electron chi connectivity index (χ1n) is 10.0. The molecule has 0 spiro atoms. The Hall–Kier alpha value is -3.68. The third-order valence-corrected chi connectivity index (χ3v) is 4.95. The molecule has 1 atom stereocenters. The highest BCUT2D eigenvalue weighted by Gasteiger charge is 2.17. The maximum atomic E-state index is 12.0. The number of nitrogens with zero attached hydrogens (tertiary/aromatic N) is 4. The van der Waals surface area contributed by atoms with Gasteiger partial charge in [0.2, 0.25) is 0 Å². The summed E-state index contributed by atoms with van der Waals surface area (Å²) in [6.07, 6.45) is 4.18. The number of hydrogen-bond donors (Lipinski definition) is 2. The molecule has 0 fully saturated rings. The number of nitrogens with one attached hydrogen (secondary N) is 2. The number of para-hydroxylation sites is 1. The van der Waals surface area contributed by atoms with E-state index in [9.17, 15) is 4.79 Å². The summed E-state index contributed by atoms with van der Waals surface area (Å²) in [5.74, 6) is 1.75. The molecule has 3 aromatic heterocycles. The van der Waals surface area contributed by atoms with Crippen molar-refractivity contribution in [1.82, 2.24) is 25.1 Å². The molecular weight excluding hydrogens is 380 g/mol. The van der Waals surface area contributed by atoms with Crippen LogP contribution in [0.5, 0.6) is 0 Å². The number of furan rings is 1. The first-order chi connectivity index (χ1) is 14.7. The van der Waals surface area contributed by atoms with Crippen molar-refractivity contribution in [2.45, 2.75) is 26.2 Å². The highest BCUT2D eigenvalue weighted by molar-refractivity contribution is 5.91. The van der Waals surface area contributed by atoms with E-state index in [1.165, 1.54) is 6.26 Å². The maximum Gasteiger partial charge on any atom is 0.287 e. The smallest absolute Gasteiger partial charge is 0.287 e. The van der Waals surface area contributed by atoms with Crippen LogP contribution in [0.2, 0.25) is 0 Å². The first kappa shape index (κ1) is 19.6. The number of anilines is 1. The SMILES string of the molecule is CC[C@H](C)c1nc(NCCNC(=O)c2ccco2)c2cnn(-c3ccccc3)c2n1. The number of amides is 1. The van der Waals surface area contributed by atoms with Crippen LogP contribution in [-0.4, -0.2) is 38.7 Å². The van der Waals surface area contributed by atoms with E-state index >= 15 is 0 Å². The third-order valence-electron chi connectivity index (χ3n) is 4.95. The van der Waals surface area contributed by atoms with E-state index in [1.54, 1.807) is 18.3 Å². The van der Waals surface area contributed by atoms with Gasteiger partial charge in [0.15, 0.2) is 11.4 Å². The molecule has 0 saturated heterocycles. The number of aromatic nitrogens is 4. The number of rotatable bonds is 8. The van der Waals surface area contributed by atoms with Gasteiger partial charge in [-0.1, -0.05) is 32.0 Å². The summed E-state index contributed by atoms with van der Waals surface area (Å²) >= 11 is 0. The highest BCUT2D eigenvalue weighted by Crippen LogP contribution is 2.26. The number of carbonyl (C=O) groups excluding carboxylic acids is 1. The van der Waals surface area contributed by atoms with E-state index in [0.717, 1.165) is 29.0 Å². The molecule has 2 N–H and O–H groups in total. The fraction of sp³-hybridized carbons (Fsp3) is 0.273. The van der Waals surface area contributed by atoms with Crippen LogP contribution in [-0.2, 0) is 0 Å². The molecule has 0 bridgehead atoms. The molecular formula is C22H24N6O2. The molecule has 154 valence electrons. The lowest BCUT2D eigenvalue weighted by molar-refractivity contribution is 0.0927. The lowest BCUT2D eigenvalue weighted by atomic mass is 10.1. The van der Waals surface area contributed by atoms with Gasteiger partial charge in [-0.15, -0.1) is 0 Å². The predicted molar refractivity (Wildman–Crippen MR) is 115 cm³/mol. The molecule has 0 radical (unpaired) electrons. The minimum atomic E-state index is -0.244. The van der Waals surface area contributed by atoms with Crippen molar-refractivity contribution in [1.29, 1.82) is 0 Å². The topological polar surface area (TPSA) is 97.9 Å². The average Bonchev–Trinajstić information content (AvgIpc) is 3.46. The van der Waals surface area contributed by atoms with Gasteiger partial charge in [-0.3, -0.25) is 4.79 Å². The molecule has 0 aliphatic rings. The maximum absolute atomic E-state index is 12.0. The zero-order valence-electron chi connectivity index (χ0n) is 17.0. The van der Waals surface area contributed by atoms with Gasteiger partial charge in [0.1, 0.15) is 11.6 Å². The summed E-state index contributed by atoms with van der Waals surface area (Å²) < 4.78 is 6.93. The van der Waals surface area contributed by atoms with Gasteiger partial charge in [0.05, 0.1) is 23.5 Å². The average molecular weight is 404 g/mol. The molecule has 4 aromatic rings. The Bertz CT molecular complexity index is 1120. The fourth-order valence-corrected chi connectivity index (χ4v) is 3.07. The molecule has 8 heteroatoms. The van der Waals surface area contributed by atoms with Crippen molar-refractivity contribution in [3.63, 3.8) is 0 Å². The first-order valence-corrected chi connectivity index (χ1v) is 10.0. The molecule has 0 saturated carbocycles. The molecule has 0 aliphatic heterocycles. The Morgan fingerprint density at radius 1 is 1.13 bits per heavy atom. The van der Waals surface area contributed by atoms with Crippen LogP contribution < -0.4 is 10.6 Å². The second-order valence-electron chi connectivity index (χ2n) is 7.03. The van der Waals surface area contributed by atoms with Crippen LogP contribution in [0, 0.1) is 0 Å². The van der Waals surface area contributed by atoms with E-state index in [0.29, 0.717) is 24.7 Å². The molecule has 3 heterocycles. The molecule has 1 amide bonds. The van der Waals surface area contributed by atoms with Crippen LogP contribution in [0.15, 0.2) is 59.3 Å². The minimum Gasteiger partial charge on any atom is -0.459 e. The van der Waals surface area contributed by atoms with E-state index in [4.69, 9.17) is 14.4 Å². The largest absolute Gasteiger partial charge is 0.459 e. The second-order valence-corrected chi connectivity index (χ2v) is 7.03. The summed E-state index contributed by atoms with van der Waals surface area (Å²) in [6, 6.07) is 13.2. The summed E-state index contributed by atoms with van der Waals surface area (Å²) in [5, 5.41) is 11.5. The van der Waals surface area contributed by atoms with Gasteiger partial charge >= 0.3 is 0 Å². The standard InChI is InChI=1S/C22H24N6O2/c1-3-15(2)19-26-20(23-11-12-24-22(29)18-10-7-13-30-18)17-14-25-28(21(17)27-19)16-8-5-4-6-9-16/h4-10,13-15H,3,11-12H2,1-2H3,(H,24,29)(H,23,26,27)/t15-/m0/s1.